The minimum atomic E-state index is -1.20. The first-order valence-corrected chi connectivity index (χ1v) is 5.74. The number of halogens is 2. The third-order valence-corrected chi connectivity index (χ3v) is 2.26. The predicted molar refractivity (Wildman–Crippen MR) is 69.1 cm³/mol. The van der Waals surface area contributed by atoms with Crippen LogP contribution < -0.4 is 16.0 Å². The average molecular weight is 304 g/mol. The van der Waals surface area contributed by atoms with Gasteiger partial charge in [-0.2, -0.15) is 0 Å². The number of aliphatic carboxylic acids is 1. The van der Waals surface area contributed by atoms with Gasteiger partial charge in [-0.25, -0.2) is 9.18 Å². The van der Waals surface area contributed by atoms with Crippen LogP contribution in [0.1, 0.15) is 0 Å². The van der Waals surface area contributed by atoms with Crippen LogP contribution in [0.5, 0.6) is 0 Å². The maximum atomic E-state index is 13.3. The van der Waals surface area contributed by atoms with Gasteiger partial charge in [0.2, 0.25) is 5.91 Å². The summed E-state index contributed by atoms with van der Waals surface area (Å²) in [5.41, 5.74) is -0.0992. The van der Waals surface area contributed by atoms with Crippen LogP contribution in [0.4, 0.5) is 14.9 Å². The zero-order valence-corrected chi connectivity index (χ0v) is 10.8. The van der Waals surface area contributed by atoms with Crippen molar-refractivity contribution in [1.82, 2.24) is 10.6 Å². The van der Waals surface area contributed by atoms with Gasteiger partial charge in [0, 0.05) is 5.02 Å². The first-order chi connectivity index (χ1) is 9.38. The van der Waals surface area contributed by atoms with Gasteiger partial charge in [-0.1, -0.05) is 11.6 Å². The second kappa shape index (κ2) is 7.29. The lowest BCUT2D eigenvalue weighted by Crippen LogP contribution is -2.40. The number of hydrogen-bond acceptors (Lipinski definition) is 3. The number of anilines is 1. The Kier molecular flexibility index (Phi) is 5.73. The van der Waals surface area contributed by atoms with E-state index < -0.39 is 36.8 Å². The van der Waals surface area contributed by atoms with Gasteiger partial charge in [-0.05, 0) is 18.2 Å². The molecule has 20 heavy (non-hydrogen) atoms. The molecule has 1 aromatic rings. The molecule has 0 aliphatic carbocycles. The second-order valence-corrected chi connectivity index (χ2v) is 4.04. The van der Waals surface area contributed by atoms with E-state index in [1.165, 1.54) is 12.1 Å². The minimum Gasteiger partial charge on any atom is -0.480 e. The fourth-order valence-electron chi connectivity index (χ4n) is 1.15. The van der Waals surface area contributed by atoms with E-state index in [9.17, 15) is 18.8 Å². The number of rotatable bonds is 5. The summed E-state index contributed by atoms with van der Waals surface area (Å²) >= 11 is 5.55. The second-order valence-electron chi connectivity index (χ2n) is 3.60. The van der Waals surface area contributed by atoms with Gasteiger partial charge < -0.3 is 21.1 Å². The third kappa shape index (κ3) is 5.53. The van der Waals surface area contributed by atoms with Crippen molar-refractivity contribution in [2.45, 2.75) is 0 Å². The fraction of sp³-hybridized carbons (Fsp3) is 0.182. The zero-order valence-electron chi connectivity index (χ0n) is 10.1. The average Bonchev–Trinajstić information content (AvgIpc) is 2.37. The largest absolute Gasteiger partial charge is 0.480 e. The Labute approximate surface area is 118 Å². The number of urea groups is 1. The number of carbonyl (C=O) groups is 3. The van der Waals surface area contributed by atoms with E-state index >= 15 is 0 Å². The molecule has 0 aliphatic heterocycles. The van der Waals surface area contributed by atoms with E-state index in [0.29, 0.717) is 0 Å². The molecule has 0 heterocycles. The lowest BCUT2D eigenvalue weighted by molar-refractivity contribution is -0.137. The molecule has 0 aliphatic rings. The molecule has 3 amide bonds. The summed E-state index contributed by atoms with van der Waals surface area (Å²) in [6.07, 6.45) is 0. The number of amides is 3. The Bertz CT molecular complexity index is 538. The highest BCUT2D eigenvalue weighted by molar-refractivity contribution is 6.30. The molecular weight excluding hydrogens is 293 g/mol. The number of benzene rings is 1. The molecule has 4 N–H and O–H groups in total. The number of carboxylic acids is 1. The smallest absolute Gasteiger partial charge is 0.322 e. The van der Waals surface area contributed by atoms with Gasteiger partial charge in [-0.3, -0.25) is 9.59 Å². The third-order valence-electron chi connectivity index (χ3n) is 2.03. The van der Waals surface area contributed by atoms with Gasteiger partial charge in [-0.15, -0.1) is 0 Å². The standard InChI is InChI=1S/C11H11ClFN3O4/c12-6-1-2-8(7(13)3-6)16-11(20)15-4-9(17)14-5-10(18)19/h1-3H,4-5H2,(H,14,17)(H,18,19)(H2,15,16,20). The van der Waals surface area contributed by atoms with Crippen LogP contribution in [-0.2, 0) is 9.59 Å². The van der Waals surface area contributed by atoms with Crippen LogP contribution >= 0.6 is 11.6 Å². The Balaban J connectivity index is 2.40. The van der Waals surface area contributed by atoms with Crippen LogP contribution in [0.2, 0.25) is 5.02 Å². The van der Waals surface area contributed by atoms with Crippen LogP contribution in [0, 0.1) is 5.82 Å². The van der Waals surface area contributed by atoms with E-state index in [2.05, 4.69) is 10.6 Å². The normalized spacial score (nSPS) is 9.70. The molecular formula is C11H11ClFN3O4. The molecule has 0 saturated heterocycles. The van der Waals surface area contributed by atoms with Crippen LogP contribution in [-0.4, -0.2) is 36.1 Å². The first kappa shape index (κ1) is 15.7. The van der Waals surface area contributed by atoms with Gasteiger partial charge in [0.25, 0.3) is 0 Å². The van der Waals surface area contributed by atoms with E-state index in [4.69, 9.17) is 16.7 Å². The molecule has 1 aromatic carbocycles. The van der Waals surface area contributed by atoms with Crippen LogP contribution in [0.15, 0.2) is 18.2 Å². The van der Waals surface area contributed by atoms with Gasteiger partial charge in [0.15, 0.2) is 0 Å². The molecule has 108 valence electrons. The molecule has 0 bridgehead atoms. The van der Waals surface area contributed by atoms with Gasteiger partial charge in [0.05, 0.1) is 12.2 Å². The topological polar surface area (TPSA) is 108 Å². The lowest BCUT2D eigenvalue weighted by atomic mass is 10.3. The molecule has 1 rings (SSSR count). The number of nitrogens with one attached hydrogen (secondary N) is 3. The van der Waals surface area contributed by atoms with E-state index in [0.717, 1.165) is 6.07 Å². The van der Waals surface area contributed by atoms with Crippen molar-refractivity contribution in [2.75, 3.05) is 18.4 Å². The number of carbonyl (C=O) groups excluding carboxylic acids is 2. The van der Waals surface area contributed by atoms with Crippen molar-refractivity contribution in [1.29, 1.82) is 0 Å². The minimum absolute atomic E-state index is 0.0992. The predicted octanol–water partition coefficient (Wildman–Crippen LogP) is 0.801. The van der Waals surface area contributed by atoms with E-state index in [1.807, 2.05) is 5.32 Å². The van der Waals surface area contributed by atoms with Gasteiger partial charge in [0.1, 0.15) is 12.4 Å². The molecule has 9 heteroatoms. The Morgan fingerprint density at radius 3 is 2.50 bits per heavy atom. The Morgan fingerprint density at radius 1 is 1.20 bits per heavy atom. The molecule has 0 spiro atoms. The highest BCUT2D eigenvalue weighted by Crippen LogP contribution is 2.18. The monoisotopic (exact) mass is 303 g/mol. The summed E-state index contributed by atoms with van der Waals surface area (Å²) in [7, 11) is 0. The summed E-state index contributed by atoms with van der Waals surface area (Å²) in [5, 5.41) is 14.9. The molecule has 0 aromatic heterocycles. The highest BCUT2D eigenvalue weighted by Gasteiger charge is 2.09. The SMILES string of the molecule is O=C(O)CNC(=O)CNC(=O)Nc1ccc(Cl)cc1F. The fourth-order valence-corrected chi connectivity index (χ4v) is 1.31. The van der Waals surface area contributed by atoms with Crippen molar-refractivity contribution in [2.24, 2.45) is 0 Å². The summed E-state index contributed by atoms with van der Waals surface area (Å²) in [6.45, 7) is -0.984. The molecule has 0 radical (unpaired) electrons. The molecule has 7 nitrogen and oxygen atoms in total. The van der Waals surface area contributed by atoms with Crippen molar-refractivity contribution in [3.8, 4) is 0 Å². The molecule has 0 fully saturated rings. The highest BCUT2D eigenvalue weighted by atomic mass is 35.5. The lowest BCUT2D eigenvalue weighted by Gasteiger charge is -2.08. The van der Waals surface area contributed by atoms with Crippen LogP contribution in [0.3, 0.4) is 0 Å². The summed E-state index contributed by atoms with van der Waals surface area (Å²) in [4.78, 5) is 32.7. The Hall–Kier alpha value is -2.35. The summed E-state index contributed by atoms with van der Waals surface area (Å²) < 4.78 is 13.3. The van der Waals surface area contributed by atoms with Crippen molar-refractivity contribution < 1.29 is 23.9 Å². The summed E-state index contributed by atoms with van der Waals surface area (Å²) in [5.74, 6) is -2.60. The zero-order chi connectivity index (χ0) is 15.1. The molecule has 0 unspecified atom stereocenters. The van der Waals surface area contributed by atoms with E-state index in [1.54, 1.807) is 0 Å². The van der Waals surface area contributed by atoms with Gasteiger partial charge >= 0.3 is 12.0 Å². The van der Waals surface area contributed by atoms with Crippen molar-refractivity contribution in [3.63, 3.8) is 0 Å². The Morgan fingerprint density at radius 2 is 1.90 bits per heavy atom. The maximum Gasteiger partial charge on any atom is 0.322 e. The first-order valence-electron chi connectivity index (χ1n) is 5.37. The number of carboxylic acid groups (broad SMARTS) is 1. The van der Waals surface area contributed by atoms with Crippen molar-refractivity contribution >= 4 is 35.2 Å². The van der Waals surface area contributed by atoms with Crippen molar-refractivity contribution in [3.05, 3.63) is 29.0 Å². The molecule has 0 saturated carbocycles. The number of hydrogen-bond donors (Lipinski definition) is 4. The quantitative estimate of drug-likeness (QED) is 0.645. The van der Waals surface area contributed by atoms with E-state index in [-0.39, 0.29) is 10.7 Å². The van der Waals surface area contributed by atoms with Crippen LogP contribution in [0.25, 0.3) is 0 Å². The molecule has 0 atom stereocenters. The maximum absolute atomic E-state index is 13.3. The summed E-state index contributed by atoms with van der Waals surface area (Å²) in [6, 6.07) is 2.87.